The number of carbonyl (C=O) groups is 3. The number of aromatic nitrogens is 2. The number of benzene rings is 3. The molecule has 0 bridgehead atoms. The van der Waals surface area contributed by atoms with Gasteiger partial charge in [0.2, 0.25) is 0 Å². The van der Waals surface area contributed by atoms with Crippen LogP contribution in [0.5, 0.6) is 5.75 Å². The lowest BCUT2D eigenvalue weighted by Crippen LogP contribution is -2.40. The highest BCUT2D eigenvalue weighted by Crippen LogP contribution is 2.24. The Labute approximate surface area is 242 Å². The smallest absolute Gasteiger partial charge is 0.333 e. The largest absolute Gasteiger partial charge is 0.497 e. The molecule has 4 amide bonds. The van der Waals surface area contributed by atoms with Crippen LogP contribution in [0.1, 0.15) is 37.7 Å². The molecule has 4 N–H and O–H groups in total. The van der Waals surface area contributed by atoms with E-state index < -0.39 is 27.9 Å². The first kappa shape index (κ1) is 29.7. The van der Waals surface area contributed by atoms with Gasteiger partial charge >= 0.3 is 6.03 Å². The average molecular weight is 589 g/mol. The van der Waals surface area contributed by atoms with E-state index in [4.69, 9.17) is 10.5 Å². The number of nitrogens with two attached hydrogens (primary N) is 1. The fraction of sp³-hybridized carbons (Fsp3) is 0.138. The maximum absolute atomic E-state index is 13.1. The number of urea groups is 1. The molecule has 42 heavy (non-hydrogen) atoms. The summed E-state index contributed by atoms with van der Waals surface area (Å²) in [6, 6.07) is 19.3. The van der Waals surface area contributed by atoms with Crippen molar-refractivity contribution >= 4 is 33.6 Å². The molecule has 216 valence electrons. The zero-order chi connectivity index (χ0) is 30.3. The SMILES string of the molecule is COc1cccc(CNC(=O)c2cc(C(=O)NCc3ccc(N(C(N)=O)S(=O)(=O)c4ccc(C)cc4)cc3)ncn2)c1. The molecule has 0 aliphatic carbocycles. The van der Waals surface area contributed by atoms with Crippen LogP contribution >= 0.6 is 0 Å². The number of carbonyl (C=O) groups excluding carboxylic acids is 3. The Hall–Kier alpha value is -5.30. The normalized spacial score (nSPS) is 10.9. The van der Waals surface area contributed by atoms with E-state index in [1.165, 1.54) is 30.3 Å². The average Bonchev–Trinajstić information content (AvgIpc) is 2.99. The summed E-state index contributed by atoms with van der Waals surface area (Å²) < 4.78 is 31.9. The molecule has 0 saturated carbocycles. The Kier molecular flexibility index (Phi) is 9.12. The fourth-order valence-corrected chi connectivity index (χ4v) is 5.21. The number of nitrogens with one attached hydrogen (secondary N) is 2. The van der Waals surface area contributed by atoms with Crippen LogP contribution in [0.25, 0.3) is 0 Å². The van der Waals surface area contributed by atoms with Gasteiger partial charge in [-0.3, -0.25) is 9.59 Å². The summed E-state index contributed by atoms with van der Waals surface area (Å²) in [4.78, 5) is 45.3. The van der Waals surface area contributed by atoms with Gasteiger partial charge in [0.15, 0.2) is 0 Å². The second kappa shape index (κ2) is 12.9. The van der Waals surface area contributed by atoms with Crippen LogP contribution in [0.4, 0.5) is 10.5 Å². The maximum Gasteiger partial charge on any atom is 0.333 e. The number of anilines is 1. The van der Waals surface area contributed by atoms with Crippen molar-refractivity contribution in [3.05, 3.63) is 113 Å². The molecule has 0 aliphatic rings. The molecule has 0 aliphatic heterocycles. The van der Waals surface area contributed by atoms with E-state index in [9.17, 15) is 22.8 Å². The molecule has 0 spiro atoms. The third kappa shape index (κ3) is 7.06. The highest BCUT2D eigenvalue weighted by molar-refractivity contribution is 7.93. The number of amides is 4. The molecule has 3 aromatic carbocycles. The van der Waals surface area contributed by atoms with Gasteiger partial charge < -0.3 is 21.1 Å². The lowest BCUT2D eigenvalue weighted by Gasteiger charge is -2.21. The first-order valence-corrected chi connectivity index (χ1v) is 14.0. The molecule has 0 fully saturated rings. The fourth-order valence-electron chi connectivity index (χ4n) is 3.88. The monoisotopic (exact) mass is 588 g/mol. The minimum absolute atomic E-state index is 0.0164. The third-order valence-electron chi connectivity index (χ3n) is 6.10. The van der Waals surface area contributed by atoms with Crippen molar-refractivity contribution in [1.82, 2.24) is 20.6 Å². The minimum Gasteiger partial charge on any atom is -0.497 e. The molecule has 0 atom stereocenters. The Morgan fingerprint density at radius 3 is 2.00 bits per heavy atom. The van der Waals surface area contributed by atoms with E-state index in [1.807, 2.05) is 19.1 Å². The zero-order valence-electron chi connectivity index (χ0n) is 22.8. The second-order valence-electron chi connectivity index (χ2n) is 9.09. The number of ether oxygens (including phenoxy) is 1. The minimum atomic E-state index is -4.24. The van der Waals surface area contributed by atoms with E-state index in [0.29, 0.717) is 15.6 Å². The molecular formula is C29H28N6O6S. The standard InChI is InChI=1S/C29H28N6O6S/c1-19-6-12-24(13-7-19)42(39,40)35(29(30)38)22-10-8-20(9-11-22)16-31-27(36)25-15-26(34-18-33-25)28(37)32-17-21-4-3-5-23(14-21)41-2/h3-15,18H,16-17H2,1-2H3,(H2,30,38)(H,31,36)(H,32,37). The highest BCUT2D eigenvalue weighted by Gasteiger charge is 2.29. The Morgan fingerprint density at radius 1 is 0.833 bits per heavy atom. The number of rotatable bonds is 10. The predicted octanol–water partition coefficient (Wildman–Crippen LogP) is 2.93. The Bertz CT molecular complexity index is 1710. The van der Waals surface area contributed by atoms with Crippen molar-refractivity contribution < 1.29 is 27.5 Å². The van der Waals surface area contributed by atoms with E-state index >= 15 is 0 Å². The van der Waals surface area contributed by atoms with Crippen LogP contribution in [-0.2, 0) is 23.1 Å². The number of methoxy groups -OCH3 is 1. The van der Waals surface area contributed by atoms with Gasteiger partial charge in [-0.15, -0.1) is 0 Å². The van der Waals surface area contributed by atoms with E-state index in [0.717, 1.165) is 17.5 Å². The first-order valence-electron chi connectivity index (χ1n) is 12.6. The summed E-state index contributed by atoms with van der Waals surface area (Å²) >= 11 is 0. The molecule has 0 radical (unpaired) electrons. The molecule has 13 heteroatoms. The summed E-state index contributed by atoms with van der Waals surface area (Å²) in [5.41, 5.74) is 7.75. The molecule has 12 nitrogen and oxygen atoms in total. The van der Waals surface area contributed by atoms with Gasteiger partial charge in [0.1, 0.15) is 23.5 Å². The lowest BCUT2D eigenvalue weighted by atomic mass is 10.2. The van der Waals surface area contributed by atoms with Gasteiger partial charge in [-0.05, 0) is 54.4 Å². The zero-order valence-corrected chi connectivity index (χ0v) is 23.6. The van der Waals surface area contributed by atoms with Crippen LogP contribution in [0.2, 0.25) is 0 Å². The van der Waals surface area contributed by atoms with Crippen molar-refractivity contribution in [1.29, 1.82) is 0 Å². The van der Waals surface area contributed by atoms with Gasteiger partial charge in [0.05, 0.1) is 17.7 Å². The molecule has 1 heterocycles. The van der Waals surface area contributed by atoms with E-state index in [-0.39, 0.29) is 35.1 Å². The van der Waals surface area contributed by atoms with Crippen LogP contribution in [0, 0.1) is 6.92 Å². The van der Waals surface area contributed by atoms with Crippen molar-refractivity contribution in [3.63, 3.8) is 0 Å². The van der Waals surface area contributed by atoms with Crippen LogP contribution in [0.15, 0.2) is 90.1 Å². The summed E-state index contributed by atoms with van der Waals surface area (Å²) in [5.74, 6) is -0.372. The van der Waals surface area contributed by atoms with Gasteiger partial charge in [0.25, 0.3) is 21.8 Å². The van der Waals surface area contributed by atoms with Gasteiger partial charge in [-0.2, -0.15) is 4.31 Å². The van der Waals surface area contributed by atoms with Crippen LogP contribution in [-0.4, -0.2) is 43.3 Å². The van der Waals surface area contributed by atoms with Crippen molar-refractivity contribution in [2.45, 2.75) is 24.9 Å². The summed E-state index contributed by atoms with van der Waals surface area (Å²) in [7, 11) is -2.69. The van der Waals surface area contributed by atoms with Gasteiger partial charge in [-0.1, -0.05) is 42.0 Å². The van der Waals surface area contributed by atoms with E-state index in [2.05, 4.69) is 20.6 Å². The number of sulfonamides is 1. The topological polar surface area (TPSA) is 174 Å². The highest BCUT2D eigenvalue weighted by atomic mass is 32.2. The third-order valence-corrected chi connectivity index (χ3v) is 7.84. The first-order chi connectivity index (χ1) is 20.1. The quantitative estimate of drug-likeness (QED) is 0.254. The van der Waals surface area contributed by atoms with Crippen molar-refractivity contribution in [3.8, 4) is 5.75 Å². The molecule has 4 rings (SSSR count). The number of hydrogen-bond acceptors (Lipinski definition) is 8. The van der Waals surface area contributed by atoms with E-state index in [1.54, 1.807) is 43.5 Å². The summed E-state index contributed by atoms with van der Waals surface area (Å²) in [6.45, 7) is 2.10. The predicted molar refractivity (Wildman–Crippen MR) is 154 cm³/mol. The lowest BCUT2D eigenvalue weighted by molar-refractivity contribution is 0.0944. The second-order valence-corrected chi connectivity index (χ2v) is 10.9. The number of nitrogens with zero attached hydrogens (tertiary/aromatic N) is 3. The van der Waals surface area contributed by atoms with Crippen molar-refractivity contribution in [2.24, 2.45) is 5.73 Å². The summed E-state index contributed by atoms with van der Waals surface area (Å²) in [6.07, 6.45) is 1.12. The molecule has 0 unspecified atom stereocenters. The Balaban J connectivity index is 1.39. The molecule has 0 saturated heterocycles. The van der Waals surface area contributed by atoms with Crippen LogP contribution < -0.4 is 25.4 Å². The number of hydrogen-bond donors (Lipinski definition) is 3. The van der Waals surface area contributed by atoms with Gasteiger partial charge in [-0.25, -0.2) is 23.2 Å². The summed E-state index contributed by atoms with van der Waals surface area (Å²) in [5, 5.41) is 5.43. The molecular weight excluding hydrogens is 560 g/mol. The maximum atomic E-state index is 13.1. The number of primary amides is 1. The van der Waals surface area contributed by atoms with Gasteiger partial charge in [0, 0.05) is 19.2 Å². The Morgan fingerprint density at radius 2 is 1.43 bits per heavy atom. The van der Waals surface area contributed by atoms with Crippen LogP contribution in [0.3, 0.4) is 0 Å². The number of aryl methyl sites for hydroxylation is 1. The molecule has 1 aromatic heterocycles. The van der Waals surface area contributed by atoms with Crippen molar-refractivity contribution in [2.75, 3.05) is 11.4 Å². The molecule has 4 aromatic rings.